The summed E-state index contributed by atoms with van der Waals surface area (Å²) in [5, 5.41) is 14.2. The van der Waals surface area contributed by atoms with E-state index in [0.29, 0.717) is 17.5 Å². The fraction of sp³-hybridized carbons (Fsp3) is 0.571. The molecule has 1 aromatic carbocycles. The topological polar surface area (TPSA) is 55.2 Å². The Balaban J connectivity index is 2.18. The van der Waals surface area contributed by atoms with Crippen molar-refractivity contribution in [2.24, 2.45) is 11.8 Å². The Kier molecular flexibility index (Phi) is 4.02. The van der Waals surface area contributed by atoms with Gasteiger partial charge in [0, 0.05) is 6.04 Å². The molecule has 1 N–H and O–H groups in total. The largest absolute Gasteiger partial charge is 0.376 e. The second-order valence-electron chi connectivity index (χ2n) is 5.27. The lowest BCUT2D eigenvalue weighted by Gasteiger charge is -2.21. The van der Waals surface area contributed by atoms with Gasteiger partial charge in [-0.2, -0.15) is 0 Å². The summed E-state index contributed by atoms with van der Waals surface area (Å²) < 4.78 is 13.1. The normalized spacial score (nSPS) is 26.4. The lowest BCUT2D eigenvalue weighted by atomic mass is 9.93. The van der Waals surface area contributed by atoms with Crippen LogP contribution < -0.4 is 5.32 Å². The van der Waals surface area contributed by atoms with Crippen LogP contribution in [0.25, 0.3) is 0 Å². The van der Waals surface area contributed by atoms with E-state index in [1.807, 2.05) is 0 Å². The van der Waals surface area contributed by atoms with E-state index in [2.05, 4.69) is 19.2 Å². The van der Waals surface area contributed by atoms with E-state index in [4.69, 9.17) is 0 Å². The Morgan fingerprint density at radius 1 is 1.47 bits per heavy atom. The van der Waals surface area contributed by atoms with E-state index in [1.54, 1.807) is 0 Å². The van der Waals surface area contributed by atoms with Crippen LogP contribution in [0.4, 0.5) is 15.8 Å². The molecule has 1 saturated carbocycles. The van der Waals surface area contributed by atoms with Gasteiger partial charge < -0.3 is 5.32 Å². The molecule has 0 aromatic heterocycles. The van der Waals surface area contributed by atoms with Crippen LogP contribution in [0.1, 0.15) is 33.1 Å². The molecular weight excluding hydrogens is 247 g/mol. The molecule has 1 aromatic rings. The lowest BCUT2D eigenvalue weighted by molar-refractivity contribution is -0.384. The van der Waals surface area contributed by atoms with Gasteiger partial charge in [0.05, 0.1) is 11.0 Å². The number of nitro benzene ring substituents is 1. The Morgan fingerprint density at radius 3 is 2.79 bits per heavy atom. The molecule has 1 aliphatic rings. The van der Waals surface area contributed by atoms with Gasteiger partial charge in [-0.25, -0.2) is 4.39 Å². The molecule has 1 fully saturated rings. The summed E-state index contributed by atoms with van der Waals surface area (Å²) in [7, 11) is 0. The zero-order valence-corrected chi connectivity index (χ0v) is 11.2. The van der Waals surface area contributed by atoms with Gasteiger partial charge in [0.2, 0.25) is 0 Å². The Morgan fingerprint density at radius 2 is 2.21 bits per heavy atom. The van der Waals surface area contributed by atoms with E-state index in [9.17, 15) is 14.5 Å². The van der Waals surface area contributed by atoms with Gasteiger partial charge >= 0.3 is 0 Å². The molecule has 4 nitrogen and oxygen atoms in total. The van der Waals surface area contributed by atoms with Crippen molar-refractivity contribution in [1.82, 2.24) is 0 Å². The highest BCUT2D eigenvalue weighted by Crippen LogP contribution is 2.37. The van der Waals surface area contributed by atoms with Crippen molar-refractivity contribution < 1.29 is 9.31 Å². The van der Waals surface area contributed by atoms with Crippen LogP contribution in [-0.2, 0) is 0 Å². The summed E-state index contributed by atoms with van der Waals surface area (Å²) in [5.41, 5.74) is 0.229. The molecule has 3 atom stereocenters. The van der Waals surface area contributed by atoms with Crippen LogP contribution in [0, 0.1) is 27.8 Å². The number of rotatable bonds is 4. The standard InChI is InChI=1S/C14H19FN2O2/c1-3-10-4-6-12(9(10)2)16-13-7-5-11(15)8-14(13)17(18)19/h5,7-10,12,16H,3-4,6H2,1-2H3. The molecule has 3 unspecified atom stereocenters. The van der Waals surface area contributed by atoms with Crippen LogP contribution in [0.2, 0.25) is 0 Å². The Labute approximate surface area is 112 Å². The van der Waals surface area contributed by atoms with Crippen molar-refractivity contribution in [3.63, 3.8) is 0 Å². The average molecular weight is 266 g/mol. The first-order valence-corrected chi connectivity index (χ1v) is 6.73. The Hall–Kier alpha value is -1.65. The first-order chi connectivity index (χ1) is 9.02. The molecule has 2 rings (SSSR count). The highest BCUT2D eigenvalue weighted by molar-refractivity contribution is 5.62. The molecule has 0 aliphatic heterocycles. The van der Waals surface area contributed by atoms with Crippen LogP contribution >= 0.6 is 0 Å². The smallest absolute Gasteiger partial charge is 0.295 e. The van der Waals surface area contributed by atoms with Gasteiger partial charge in [-0.3, -0.25) is 10.1 Å². The number of hydrogen-bond acceptors (Lipinski definition) is 3. The molecule has 104 valence electrons. The summed E-state index contributed by atoms with van der Waals surface area (Å²) in [6.45, 7) is 4.35. The number of hydrogen-bond donors (Lipinski definition) is 1. The van der Waals surface area contributed by atoms with Crippen LogP contribution in [0.5, 0.6) is 0 Å². The lowest BCUT2D eigenvalue weighted by Crippen LogP contribution is -2.25. The predicted molar refractivity (Wildman–Crippen MR) is 72.6 cm³/mol. The second-order valence-corrected chi connectivity index (χ2v) is 5.27. The SMILES string of the molecule is CCC1CCC(Nc2ccc(F)cc2[N+](=O)[O-])C1C. The molecule has 0 bridgehead atoms. The fourth-order valence-corrected chi connectivity index (χ4v) is 3.01. The van der Waals surface area contributed by atoms with Gasteiger partial charge in [0.25, 0.3) is 5.69 Å². The second kappa shape index (κ2) is 5.55. The first kappa shape index (κ1) is 13.8. The zero-order chi connectivity index (χ0) is 14.0. The number of nitrogens with zero attached hydrogens (tertiary/aromatic N) is 1. The maximum absolute atomic E-state index is 13.1. The van der Waals surface area contributed by atoms with Crippen molar-refractivity contribution >= 4 is 11.4 Å². The number of benzene rings is 1. The third kappa shape index (κ3) is 2.85. The summed E-state index contributed by atoms with van der Waals surface area (Å²) >= 11 is 0. The van der Waals surface area contributed by atoms with Crippen LogP contribution in [0.3, 0.4) is 0 Å². The summed E-state index contributed by atoms with van der Waals surface area (Å²) in [6, 6.07) is 3.92. The summed E-state index contributed by atoms with van der Waals surface area (Å²) in [5.74, 6) is 0.565. The molecule has 1 aliphatic carbocycles. The zero-order valence-electron chi connectivity index (χ0n) is 11.2. The number of anilines is 1. The molecule has 0 radical (unpaired) electrons. The van der Waals surface area contributed by atoms with E-state index >= 15 is 0 Å². The van der Waals surface area contributed by atoms with E-state index in [0.717, 1.165) is 25.3 Å². The summed E-state index contributed by atoms with van der Waals surface area (Å²) in [4.78, 5) is 10.4. The van der Waals surface area contributed by atoms with Gasteiger partial charge in [0.15, 0.2) is 0 Å². The van der Waals surface area contributed by atoms with Crippen molar-refractivity contribution in [2.75, 3.05) is 5.32 Å². The van der Waals surface area contributed by atoms with Crippen LogP contribution in [-0.4, -0.2) is 11.0 Å². The molecular formula is C14H19FN2O2. The van der Waals surface area contributed by atoms with Crippen molar-refractivity contribution in [3.05, 3.63) is 34.1 Å². The van der Waals surface area contributed by atoms with E-state index in [1.165, 1.54) is 12.1 Å². The molecule has 0 saturated heterocycles. The third-order valence-electron chi connectivity index (χ3n) is 4.25. The highest BCUT2D eigenvalue weighted by atomic mass is 19.1. The van der Waals surface area contributed by atoms with Crippen molar-refractivity contribution in [3.8, 4) is 0 Å². The molecule has 5 heteroatoms. The summed E-state index contributed by atoms with van der Waals surface area (Å²) in [6.07, 6.45) is 3.28. The van der Waals surface area contributed by atoms with Gasteiger partial charge in [-0.15, -0.1) is 0 Å². The molecule has 0 heterocycles. The maximum Gasteiger partial charge on any atom is 0.295 e. The average Bonchev–Trinajstić information content (AvgIpc) is 2.72. The fourth-order valence-electron chi connectivity index (χ4n) is 3.01. The van der Waals surface area contributed by atoms with Gasteiger partial charge in [0.1, 0.15) is 11.5 Å². The number of nitro groups is 1. The van der Waals surface area contributed by atoms with Gasteiger partial charge in [-0.05, 0) is 36.8 Å². The molecule has 19 heavy (non-hydrogen) atoms. The Bertz CT molecular complexity index is 479. The van der Waals surface area contributed by atoms with E-state index in [-0.39, 0.29) is 11.7 Å². The molecule has 0 amide bonds. The third-order valence-corrected chi connectivity index (χ3v) is 4.25. The van der Waals surface area contributed by atoms with Crippen molar-refractivity contribution in [1.29, 1.82) is 0 Å². The maximum atomic E-state index is 13.1. The minimum atomic E-state index is -0.580. The highest BCUT2D eigenvalue weighted by Gasteiger charge is 2.32. The molecule has 0 spiro atoms. The number of nitrogens with one attached hydrogen (secondary N) is 1. The minimum Gasteiger partial charge on any atom is -0.376 e. The minimum absolute atomic E-state index is 0.188. The van der Waals surface area contributed by atoms with Crippen molar-refractivity contribution in [2.45, 2.75) is 39.2 Å². The monoisotopic (exact) mass is 266 g/mol. The van der Waals surface area contributed by atoms with Crippen LogP contribution in [0.15, 0.2) is 18.2 Å². The first-order valence-electron chi connectivity index (χ1n) is 6.73. The van der Waals surface area contributed by atoms with E-state index < -0.39 is 10.7 Å². The quantitative estimate of drug-likeness (QED) is 0.662. The predicted octanol–water partition coefficient (Wildman–Crippen LogP) is 3.97. The van der Waals surface area contributed by atoms with Gasteiger partial charge in [-0.1, -0.05) is 20.3 Å². The number of halogens is 1.